The number of carbonyl (C=O) groups is 2. The number of ether oxygens (including phenoxy) is 1. The van der Waals surface area contributed by atoms with Crippen LogP contribution in [-0.4, -0.2) is 55.0 Å². The Balaban J connectivity index is 1.52. The molecular weight excluding hydrogens is 354 g/mol. The lowest BCUT2D eigenvalue weighted by molar-refractivity contribution is -0.156. The van der Waals surface area contributed by atoms with Crippen LogP contribution in [0.5, 0.6) is 5.75 Å². The first-order chi connectivity index (χ1) is 13.5. The van der Waals surface area contributed by atoms with E-state index in [1.807, 2.05) is 49.4 Å². The van der Waals surface area contributed by atoms with E-state index in [1.165, 1.54) is 0 Å². The van der Waals surface area contributed by atoms with Crippen molar-refractivity contribution in [2.75, 3.05) is 42.5 Å². The Morgan fingerprint density at radius 3 is 2.32 bits per heavy atom. The van der Waals surface area contributed by atoms with Crippen molar-refractivity contribution in [1.82, 2.24) is 4.90 Å². The molecule has 4 rings (SSSR count). The van der Waals surface area contributed by atoms with Gasteiger partial charge in [-0.05, 0) is 38.1 Å². The summed E-state index contributed by atoms with van der Waals surface area (Å²) in [7, 11) is 0. The van der Waals surface area contributed by atoms with Crippen LogP contribution in [0.3, 0.4) is 0 Å². The number of likely N-dealkylation sites (N-methyl/N-ethyl adjacent to an activating group) is 1. The predicted octanol–water partition coefficient (Wildman–Crippen LogP) is 2.54. The third kappa shape index (κ3) is 2.99. The summed E-state index contributed by atoms with van der Waals surface area (Å²) in [6, 6.07) is 17.5. The van der Waals surface area contributed by atoms with Crippen molar-refractivity contribution in [1.29, 1.82) is 0 Å². The van der Waals surface area contributed by atoms with Gasteiger partial charge in [-0.1, -0.05) is 30.3 Å². The van der Waals surface area contributed by atoms with Crippen molar-refractivity contribution in [2.45, 2.75) is 19.4 Å². The highest BCUT2D eigenvalue weighted by Gasteiger charge is 2.52. The van der Waals surface area contributed by atoms with Gasteiger partial charge in [-0.2, -0.15) is 0 Å². The van der Waals surface area contributed by atoms with Gasteiger partial charge in [-0.15, -0.1) is 0 Å². The zero-order valence-electron chi connectivity index (χ0n) is 16.3. The van der Waals surface area contributed by atoms with E-state index < -0.39 is 5.60 Å². The summed E-state index contributed by atoms with van der Waals surface area (Å²) in [4.78, 5) is 32.1. The predicted molar refractivity (Wildman–Crippen MR) is 109 cm³/mol. The molecule has 1 fully saturated rings. The maximum Gasteiger partial charge on any atom is 0.280 e. The first-order valence-corrected chi connectivity index (χ1v) is 9.74. The van der Waals surface area contributed by atoms with Gasteiger partial charge in [0.2, 0.25) is 0 Å². The van der Waals surface area contributed by atoms with Crippen molar-refractivity contribution < 1.29 is 14.3 Å². The molecule has 6 nitrogen and oxygen atoms in total. The number of para-hydroxylation sites is 3. The Bertz CT molecular complexity index is 878. The van der Waals surface area contributed by atoms with Crippen molar-refractivity contribution in [2.24, 2.45) is 0 Å². The maximum atomic E-state index is 13.3. The number of rotatable bonds is 3. The zero-order valence-corrected chi connectivity index (χ0v) is 16.3. The molecule has 2 heterocycles. The van der Waals surface area contributed by atoms with Gasteiger partial charge in [0.15, 0.2) is 0 Å². The van der Waals surface area contributed by atoms with E-state index in [0.29, 0.717) is 31.1 Å². The number of carbonyl (C=O) groups excluding carboxylic acids is 2. The van der Waals surface area contributed by atoms with Gasteiger partial charge in [0.25, 0.3) is 17.4 Å². The number of fused-ring (bicyclic) bond motifs is 1. The fourth-order valence-electron chi connectivity index (χ4n) is 3.95. The highest BCUT2D eigenvalue weighted by Crippen LogP contribution is 2.38. The molecule has 0 spiro atoms. The molecule has 0 N–H and O–H groups in total. The van der Waals surface area contributed by atoms with Crippen LogP contribution in [0, 0.1) is 0 Å². The maximum absolute atomic E-state index is 13.3. The van der Waals surface area contributed by atoms with Crippen LogP contribution in [0.15, 0.2) is 54.6 Å². The van der Waals surface area contributed by atoms with Gasteiger partial charge >= 0.3 is 0 Å². The lowest BCUT2D eigenvalue weighted by atomic mass is 9.98. The molecule has 2 aromatic carbocycles. The Kier molecular flexibility index (Phi) is 4.71. The summed E-state index contributed by atoms with van der Waals surface area (Å²) in [5.74, 6) is 0.00470. The first kappa shape index (κ1) is 18.3. The third-order valence-corrected chi connectivity index (χ3v) is 5.54. The molecule has 0 bridgehead atoms. The smallest absolute Gasteiger partial charge is 0.280 e. The highest BCUT2D eigenvalue weighted by molar-refractivity contribution is 6.16. The molecule has 0 aromatic heterocycles. The van der Waals surface area contributed by atoms with Crippen LogP contribution in [0.2, 0.25) is 0 Å². The van der Waals surface area contributed by atoms with Crippen molar-refractivity contribution in [3.63, 3.8) is 0 Å². The van der Waals surface area contributed by atoms with E-state index >= 15 is 0 Å². The molecule has 146 valence electrons. The summed E-state index contributed by atoms with van der Waals surface area (Å²) in [6.45, 7) is 6.58. The molecule has 1 saturated heterocycles. The number of hydrogen-bond donors (Lipinski definition) is 0. The summed E-state index contributed by atoms with van der Waals surface area (Å²) in [6.07, 6.45) is 0. The molecule has 2 amide bonds. The molecule has 6 heteroatoms. The van der Waals surface area contributed by atoms with Crippen LogP contribution < -0.4 is 14.5 Å². The topological polar surface area (TPSA) is 53.1 Å². The normalized spacial score (nSPS) is 21.9. The molecule has 0 saturated carbocycles. The van der Waals surface area contributed by atoms with Gasteiger partial charge in [-0.25, -0.2) is 0 Å². The average Bonchev–Trinajstić information content (AvgIpc) is 2.75. The molecular formula is C22H25N3O3. The Morgan fingerprint density at radius 2 is 1.64 bits per heavy atom. The number of anilines is 2. The van der Waals surface area contributed by atoms with Crippen molar-refractivity contribution >= 4 is 23.2 Å². The second kappa shape index (κ2) is 7.19. The Hall–Kier alpha value is -3.02. The van der Waals surface area contributed by atoms with Crippen LogP contribution >= 0.6 is 0 Å². The minimum Gasteiger partial charge on any atom is -0.465 e. The van der Waals surface area contributed by atoms with Crippen LogP contribution in [0.25, 0.3) is 0 Å². The fraction of sp³-hybridized carbons (Fsp3) is 0.364. The molecule has 2 aliphatic heterocycles. The van der Waals surface area contributed by atoms with E-state index in [-0.39, 0.29) is 11.8 Å². The Labute approximate surface area is 165 Å². The molecule has 1 unspecified atom stereocenters. The molecule has 1 atom stereocenters. The standard InChI is InChI=1S/C22H25N3O3/c1-3-25-18-11-7-8-12-19(18)28-22(2,21(25)27)20(26)24-15-13-23(14-16-24)17-9-5-4-6-10-17/h4-12H,3,13-16H2,1-2H3. The lowest BCUT2D eigenvalue weighted by Gasteiger charge is -2.43. The zero-order chi connectivity index (χ0) is 19.7. The minimum atomic E-state index is -1.53. The second-order valence-electron chi connectivity index (χ2n) is 7.27. The van der Waals surface area contributed by atoms with E-state index in [1.54, 1.807) is 16.7 Å². The van der Waals surface area contributed by atoms with Gasteiger partial charge in [0.05, 0.1) is 5.69 Å². The highest BCUT2D eigenvalue weighted by atomic mass is 16.5. The number of hydrogen-bond acceptors (Lipinski definition) is 4. The van der Waals surface area contributed by atoms with E-state index in [9.17, 15) is 9.59 Å². The lowest BCUT2D eigenvalue weighted by Crippen LogP contribution is -2.64. The first-order valence-electron chi connectivity index (χ1n) is 9.74. The quantitative estimate of drug-likeness (QED) is 0.769. The van der Waals surface area contributed by atoms with Crippen molar-refractivity contribution in [3.05, 3.63) is 54.6 Å². The van der Waals surface area contributed by atoms with Gasteiger partial charge in [-0.3, -0.25) is 9.59 Å². The van der Waals surface area contributed by atoms with Gasteiger partial charge < -0.3 is 19.4 Å². The monoisotopic (exact) mass is 379 g/mol. The van der Waals surface area contributed by atoms with Crippen LogP contribution in [0.1, 0.15) is 13.8 Å². The number of benzene rings is 2. The second-order valence-corrected chi connectivity index (χ2v) is 7.27. The largest absolute Gasteiger partial charge is 0.465 e. The minimum absolute atomic E-state index is 0.266. The van der Waals surface area contributed by atoms with Gasteiger partial charge in [0.1, 0.15) is 5.75 Å². The third-order valence-electron chi connectivity index (χ3n) is 5.54. The van der Waals surface area contributed by atoms with Gasteiger partial charge in [0, 0.05) is 38.4 Å². The summed E-state index contributed by atoms with van der Waals surface area (Å²) in [5, 5.41) is 0. The molecule has 2 aromatic rings. The average molecular weight is 379 g/mol. The van der Waals surface area contributed by atoms with Crippen molar-refractivity contribution in [3.8, 4) is 5.75 Å². The fourth-order valence-corrected chi connectivity index (χ4v) is 3.95. The summed E-state index contributed by atoms with van der Waals surface area (Å²) >= 11 is 0. The number of amides is 2. The molecule has 28 heavy (non-hydrogen) atoms. The Morgan fingerprint density at radius 1 is 1.00 bits per heavy atom. The number of nitrogens with zero attached hydrogens (tertiary/aromatic N) is 3. The van der Waals surface area contributed by atoms with Crippen LogP contribution in [0.4, 0.5) is 11.4 Å². The van der Waals surface area contributed by atoms with E-state index in [2.05, 4.69) is 17.0 Å². The molecule has 0 radical (unpaired) electrons. The van der Waals surface area contributed by atoms with Crippen LogP contribution in [-0.2, 0) is 9.59 Å². The molecule has 0 aliphatic carbocycles. The summed E-state index contributed by atoms with van der Waals surface area (Å²) in [5.41, 5.74) is 0.338. The number of piperazine rings is 1. The van der Waals surface area contributed by atoms with E-state index in [0.717, 1.165) is 18.8 Å². The van der Waals surface area contributed by atoms with E-state index in [4.69, 9.17) is 4.74 Å². The molecule has 2 aliphatic rings. The SMILES string of the molecule is CCN1C(=O)C(C)(C(=O)N2CCN(c3ccccc3)CC2)Oc2ccccc21. The summed E-state index contributed by atoms with van der Waals surface area (Å²) < 4.78 is 5.99.